The minimum atomic E-state index is -0.0638. The van der Waals surface area contributed by atoms with Crippen molar-refractivity contribution in [2.45, 2.75) is 13.2 Å². The zero-order valence-electron chi connectivity index (χ0n) is 12.5. The Morgan fingerprint density at radius 3 is 2.57 bits per heavy atom. The van der Waals surface area contributed by atoms with E-state index in [1.807, 2.05) is 41.1 Å². The van der Waals surface area contributed by atoms with Gasteiger partial charge in [0.2, 0.25) is 0 Å². The molecule has 0 radical (unpaired) electrons. The van der Waals surface area contributed by atoms with Crippen LogP contribution in [0.3, 0.4) is 0 Å². The van der Waals surface area contributed by atoms with Gasteiger partial charge >= 0.3 is 0 Å². The predicted molar refractivity (Wildman–Crippen MR) is 88.9 cm³/mol. The number of aliphatic hydroxyl groups is 1. The molecule has 2 aromatic carbocycles. The number of hydrogen-bond donors (Lipinski definition) is 1. The highest BCUT2D eigenvalue weighted by Crippen LogP contribution is 2.31. The van der Waals surface area contributed by atoms with Crippen LogP contribution in [-0.2, 0) is 13.2 Å². The fraction of sp³-hybridized carbons (Fsp3) is 0.105. The van der Waals surface area contributed by atoms with Crippen molar-refractivity contribution in [2.24, 2.45) is 0 Å². The summed E-state index contributed by atoms with van der Waals surface area (Å²) in [5.74, 6) is 0.635. The van der Waals surface area contributed by atoms with Crippen LogP contribution in [0, 0.1) is 0 Å². The molecule has 0 bridgehead atoms. The van der Waals surface area contributed by atoms with E-state index in [4.69, 9.17) is 9.52 Å². The quantitative estimate of drug-likeness (QED) is 0.623. The molecule has 0 spiro atoms. The van der Waals surface area contributed by atoms with Crippen molar-refractivity contribution in [2.75, 3.05) is 0 Å². The first-order chi connectivity index (χ1) is 11.4. The van der Waals surface area contributed by atoms with Gasteiger partial charge in [-0.25, -0.2) is 0 Å². The molecule has 0 atom stereocenters. The maximum absolute atomic E-state index is 9.49. The van der Waals surface area contributed by atoms with Crippen LogP contribution in [-0.4, -0.2) is 14.9 Å². The summed E-state index contributed by atoms with van der Waals surface area (Å²) in [7, 11) is 0. The third-order valence-electron chi connectivity index (χ3n) is 3.97. The number of aliphatic hydroxyl groups excluding tert-OH is 1. The lowest BCUT2D eigenvalue weighted by atomic mass is 10.1. The number of rotatable bonds is 4. The first-order valence-corrected chi connectivity index (χ1v) is 7.54. The second-order valence-corrected chi connectivity index (χ2v) is 5.44. The van der Waals surface area contributed by atoms with Gasteiger partial charge in [-0.1, -0.05) is 48.5 Å². The number of hydrogen-bond acceptors (Lipinski definition) is 3. The van der Waals surface area contributed by atoms with E-state index in [0.29, 0.717) is 12.3 Å². The van der Waals surface area contributed by atoms with E-state index in [2.05, 4.69) is 18.2 Å². The van der Waals surface area contributed by atoms with Crippen LogP contribution in [0.1, 0.15) is 11.1 Å². The Balaban J connectivity index is 1.87. The van der Waals surface area contributed by atoms with E-state index in [9.17, 15) is 5.11 Å². The molecule has 0 unspecified atom stereocenters. The van der Waals surface area contributed by atoms with Gasteiger partial charge in [0.1, 0.15) is 5.69 Å². The molecule has 114 valence electrons. The minimum Gasteiger partial charge on any atom is -0.462 e. The van der Waals surface area contributed by atoms with Crippen LogP contribution in [0.25, 0.3) is 22.4 Å². The summed E-state index contributed by atoms with van der Waals surface area (Å²) < 4.78 is 7.55. The molecule has 4 rings (SSSR count). The van der Waals surface area contributed by atoms with Gasteiger partial charge < -0.3 is 9.52 Å². The van der Waals surface area contributed by atoms with E-state index in [0.717, 1.165) is 22.2 Å². The topological polar surface area (TPSA) is 51.2 Å². The molecule has 2 heterocycles. The molecule has 0 aliphatic heterocycles. The van der Waals surface area contributed by atoms with Crippen LogP contribution < -0.4 is 0 Å². The van der Waals surface area contributed by atoms with E-state index in [1.165, 1.54) is 5.56 Å². The lowest BCUT2D eigenvalue weighted by Gasteiger charge is -2.03. The Morgan fingerprint density at radius 2 is 1.74 bits per heavy atom. The van der Waals surface area contributed by atoms with Crippen molar-refractivity contribution < 1.29 is 9.52 Å². The first kappa shape index (κ1) is 13.8. The molecule has 0 aliphatic rings. The van der Waals surface area contributed by atoms with Gasteiger partial charge in [0.25, 0.3) is 0 Å². The van der Waals surface area contributed by atoms with E-state index in [-0.39, 0.29) is 6.61 Å². The maximum Gasteiger partial charge on any atom is 0.160 e. The van der Waals surface area contributed by atoms with Gasteiger partial charge in [-0.15, -0.1) is 0 Å². The number of benzene rings is 2. The van der Waals surface area contributed by atoms with Crippen molar-refractivity contribution >= 4 is 10.9 Å². The summed E-state index contributed by atoms with van der Waals surface area (Å²) >= 11 is 0. The number of furan rings is 1. The highest BCUT2D eigenvalue weighted by molar-refractivity contribution is 5.92. The molecule has 4 aromatic rings. The Kier molecular flexibility index (Phi) is 3.44. The highest BCUT2D eigenvalue weighted by atomic mass is 16.3. The van der Waals surface area contributed by atoms with Crippen molar-refractivity contribution in [3.05, 3.63) is 78.1 Å². The Hall–Kier alpha value is -2.85. The molecule has 0 saturated heterocycles. The Bertz CT molecular complexity index is 938. The smallest absolute Gasteiger partial charge is 0.160 e. The summed E-state index contributed by atoms with van der Waals surface area (Å²) in [6.07, 6.45) is 1.59. The molecule has 0 saturated carbocycles. The fourth-order valence-corrected chi connectivity index (χ4v) is 2.84. The highest BCUT2D eigenvalue weighted by Gasteiger charge is 2.17. The van der Waals surface area contributed by atoms with Gasteiger partial charge in [0, 0.05) is 10.9 Å². The Morgan fingerprint density at radius 1 is 0.957 bits per heavy atom. The first-order valence-electron chi connectivity index (χ1n) is 7.54. The van der Waals surface area contributed by atoms with Crippen molar-refractivity contribution in [3.8, 4) is 11.5 Å². The molecule has 1 N–H and O–H groups in total. The van der Waals surface area contributed by atoms with Gasteiger partial charge in [0.15, 0.2) is 5.76 Å². The lowest BCUT2D eigenvalue weighted by molar-refractivity contribution is 0.281. The van der Waals surface area contributed by atoms with E-state index in [1.54, 1.807) is 12.3 Å². The van der Waals surface area contributed by atoms with Crippen LogP contribution in [0.5, 0.6) is 0 Å². The van der Waals surface area contributed by atoms with Crippen molar-refractivity contribution in [1.82, 2.24) is 9.78 Å². The molecule has 0 fully saturated rings. The summed E-state index contributed by atoms with van der Waals surface area (Å²) in [6.45, 7) is 0.627. The summed E-state index contributed by atoms with van der Waals surface area (Å²) in [6, 6.07) is 20.1. The SMILES string of the molecule is OCc1ccoc1-c1nn(Cc2ccccc2)c2ccccc12. The van der Waals surface area contributed by atoms with Gasteiger partial charge in [0.05, 0.1) is 24.9 Å². The third kappa shape index (κ3) is 2.43. The fourth-order valence-electron chi connectivity index (χ4n) is 2.84. The third-order valence-corrected chi connectivity index (χ3v) is 3.97. The molecule has 23 heavy (non-hydrogen) atoms. The zero-order chi connectivity index (χ0) is 15.6. The van der Waals surface area contributed by atoms with Gasteiger partial charge in [-0.05, 0) is 17.7 Å². The average Bonchev–Trinajstić information content (AvgIpc) is 3.20. The molecular weight excluding hydrogens is 288 g/mol. The Labute approximate surface area is 133 Å². The van der Waals surface area contributed by atoms with E-state index >= 15 is 0 Å². The molecule has 4 nitrogen and oxygen atoms in total. The van der Waals surface area contributed by atoms with Gasteiger partial charge in [-0.3, -0.25) is 4.68 Å². The monoisotopic (exact) mass is 304 g/mol. The van der Waals surface area contributed by atoms with Gasteiger partial charge in [-0.2, -0.15) is 5.10 Å². The van der Waals surface area contributed by atoms with Crippen LogP contribution in [0.4, 0.5) is 0 Å². The normalized spacial score (nSPS) is 11.2. The summed E-state index contributed by atoms with van der Waals surface area (Å²) in [5.41, 5.74) is 3.76. The number of para-hydroxylation sites is 1. The van der Waals surface area contributed by atoms with Crippen molar-refractivity contribution in [1.29, 1.82) is 0 Å². The molecule has 2 aromatic heterocycles. The van der Waals surface area contributed by atoms with Crippen LogP contribution >= 0.6 is 0 Å². The minimum absolute atomic E-state index is 0.0638. The average molecular weight is 304 g/mol. The largest absolute Gasteiger partial charge is 0.462 e. The summed E-state index contributed by atoms with van der Waals surface area (Å²) in [5, 5.41) is 15.3. The zero-order valence-corrected chi connectivity index (χ0v) is 12.5. The standard InChI is InChI=1S/C19H16N2O2/c22-13-15-10-11-23-19(15)18-16-8-4-5-9-17(16)21(20-18)12-14-6-2-1-3-7-14/h1-11,22H,12-13H2. The maximum atomic E-state index is 9.49. The number of nitrogens with zero attached hydrogens (tertiary/aromatic N) is 2. The molecule has 0 aliphatic carbocycles. The predicted octanol–water partition coefficient (Wildman–Crippen LogP) is 3.84. The second kappa shape index (κ2) is 5.74. The van der Waals surface area contributed by atoms with Crippen molar-refractivity contribution in [3.63, 3.8) is 0 Å². The molecular formula is C19H16N2O2. The van der Waals surface area contributed by atoms with Crippen LogP contribution in [0.15, 0.2) is 71.3 Å². The van der Waals surface area contributed by atoms with Crippen LogP contribution in [0.2, 0.25) is 0 Å². The number of fused-ring (bicyclic) bond motifs is 1. The van der Waals surface area contributed by atoms with E-state index < -0.39 is 0 Å². The number of aromatic nitrogens is 2. The molecule has 4 heteroatoms. The molecule has 0 amide bonds. The lowest BCUT2D eigenvalue weighted by Crippen LogP contribution is -2.01. The second-order valence-electron chi connectivity index (χ2n) is 5.44. The summed E-state index contributed by atoms with van der Waals surface area (Å²) in [4.78, 5) is 0.